The molecule has 3 rings (SSSR count). The van der Waals surface area contributed by atoms with Crippen molar-refractivity contribution in [2.24, 2.45) is 0 Å². The molecule has 2 amide bonds. The lowest BCUT2D eigenvalue weighted by molar-refractivity contribution is -0.124. The lowest BCUT2D eigenvalue weighted by atomic mass is 9.90. The molecule has 5 nitrogen and oxygen atoms in total. The minimum Gasteiger partial charge on any atom is -0.355 e. The van der Waals surface area contributed by atoms with Gasteiger partial charge in [0, 0.05) is 24.1 Å². The molecule has 0 aromatic heterocycles. The SMILES string of the molecule is CN(O)C(=O)c1ccc2c(c1)CCC1(CCCCCNC1=O)S2. The molecular weight excluding hydrogens is 312 g/mol. The van der Waals surface area contributed by atoms with Crippen molar-refractivity contribution in [3.05, 3.63) is 29.3 Å². The first kappa shape index (κ1) is 16.3. The van der Waals surface area contributed by atoms with Gasteiger partial charge in [-0.2, -0.15) is 0 Å². The van der Waals surface area contributed by atoms with Crippen LogP contribution in [0, 0.1) is 0 Å². The minimum absolute atomic E-state index is 0.156. The Kier molecular flexibility index (Phi) is 4.64. The van der Waals surface area contributed by atoms with Crippen LogP contribution in [0.5, 0.6) is 0 Å². The first-order chi connectivity index (χ1) is 11.0. The standard InChI is InChI=1S/C17H22N2O3S/c1-19(22)15(20)13-5-6-14-12(11-13)7-9-17(23-14)8-3-2-4-10-18-16(17)21/h5-6,11,22H,2-4,7-10H2,1H3,(H,18,21). The molecule has 2 aliphatic rings. The van der Waals surface area contributed by atoms with Crippen LogP contribution >= 0.6 is 11.8 Å². The number of hydroxylamine groups is 2. The summed E-state index contributed by atoms with van der Waals surface area (Å²) in [5, 5.41) is 13.0. The van der Waals surface area contributed by atoms with E-state index in [2.05, 4.69) is 5.32 Å². The maximum Gasteiger partial charge on any atom is 0.276 e. The topological polar surface area (TPSA) is 69.6 Å². The molecular formula is C17H22N2O3S. The number of amides is 2. The molecule has 2 heterocycles. The van der Waals surface area contributed by atoms with Crippen LogP contribution in [-0.2, 0) is 11.2 Å². The summed E-state index contributed by atoms with van der Waals surface area (Å²) < 4.78 is -0.368. The van der Waals surface area contributed by atoms with E-state index in [4.69, 9.17) is 0 Å². The minimum atomic E-state index is -0.415. The van der Waals surface area contributed by atoms with Crippen molar-refractivity contribution in [2.75, 3.05) is 13.6 Å². The summed E-state index contributed by atoms with van der Waals surface area (Å²) in [5.41, 5.74) is 1.57. The van der Waals surface area contributed by atoms with Gasteiger partial charge in [0.1, 0.15) is 0 Å². The molecule has 23 heavy (non-hydrogen) atoms. The predicted octanol–water partition coefficient (Wildman–Crippen LogP) is 2.62. The van der Waals surface area contributed by atoms with Crippen molar-refractivity contribution >= 4 is 23.6 Å². The van der Waals surface area contributed by atoms with E-state index in [1.54, 1.807) is 17.8 Å². The Bertz CT molecular complexity index is 632. The maximum atomic E-state index is 12.6. The Labute approximate surface area is 140 Å². The monoisotopic (exact) mass is 334 g/mol. The zero-order chi connectivity index (χ0) is 16.4. The summed E-state index contributed by atoms with van der Waals surface area (Å²) in [5.74, 6) is -0.259. The number of fused-ring (bicyclic) bond motifs is 1. The fourth-order valence-electron chi connectivity index (χ4n) is 3.32. The molecule has 1 atom stereocenters. The van der Waals surface area contributed by atoms with Crippen molar-refractivity contribution in [1.82, 2.24) is 10.4 Å². The van der Waals surface area contributed by atoms with E-state index in [9.17, 15) is 14.8 Å². The van der Waals surface area contributed by atoms with Crippen LogP contribution in [0.15, 0.2) is 23.1 Å². The number of rotatable bonds is 1. The van der Waals surface area contributed by atoms with E-state index >= 15 is 0 Å². The van der Waals surface area contributed by atoms with Crippen molar-refractivity contribution in [1.29, 1.82) is 0 Å². The number of hydrogen-bond acceptors (Lipinski definition) is 4. The van der Waals surface area contributed by atoms with E-state index in [1.165, 1.54) is 7.05 Å². The van der Waals surface area contributed by atoms with Crippen molar-refractivity contribution < 1.29 is 14.8 Å². The van der Waals surface area contributed by atoms with E-state index in [-0.39, 0.29) is 10.7 Å². The summed E-state index contributed by atoms with van der Waals surface area (Å²) in [6.07, 6.45) is 5.79. The number of nitrogens with zero attached hydrogens (tertiary/aromatic N) is 1. The summed E-state index contributed by atoms with van der Waals surface area (Å²) in [4.78, 5) is 25.5. The zero-order valence-corrected chi connectivity index (χ0v) is 14.1. The van der Waals surface area contributed by atoms with Crippen LogP contribution in [0.2, 0.25) is 0 Å². The molecule has 1 aromatic rings. The second-order valence-corrected chi connectivity index (χ2v) is 7.74. The van der Waals surface area contributed by atoms with Crippen LogP contribution in [-0.4, -0.2) is 40.4 Å². The van der Waals surface area contributed by atoms with Gasteiger partial charge in [-0.05, 0) is 49.4 Å². The van der Waals surface area contributed by atoms with E-state index in [0.717, 1.165) is 55.5 Å². The first-order valence-corrected chi connectivity index (χ1v) is 8.91. The molecule has 2 N–H and O–H groups in total. The molecule has 1 saturated heterocycles. The average Bonchev–Trinajstić information content (AvgIpc) is 2.55. The smallest absolute Gasteiger partial charge is 0.276 e. The van der Waals surface area contributed by atoms with Crippen LogP contribution in [0.3, 0.4) is 0 Å². The van der Waals surface area contributed by atoms with Crippen molar-refractivity contribution in [3.8, 4) is 0 Å². The van der Waals surface area contributed by atoms with Gasteiger partial charge in [0.25, 0.3) is 5.91 Å². The third-order valence-corrected chi connectivity index (χ3v) is 6.26. The highest BCUT2D eigenvalue weighted by Crippen LogP contribution is 2.47. The van der Waals surface area contributed by atoms with Gasteiger partial charge >= 0.3 is 0 Å². The van der Waals surface area contributed by atoms with E-state index in [1.807, 2.05) is 12.1 Å². The third kappa shape index (κ3) is 3.23. The van der Waals surface area contributed by atoms with E-state index in [0.29, 0.717) is 10.6 Å². The molecule has 1 aromatic carbocycles. The summed E-state index contributed by atoms with van der Waals surface area (Å²) in [6.45, 7) is 0.768. The number of aryl methyl sites for hydroxylation is 1. The third-order valence-electron chi connectivity index (χ3n) is 4.66. The van der Waals surface area contributed by atoms with Gasteiger partial charge in [0.15, 0.2) is 0 Å². The average molecular weight is 334 g/mol. The molecule has 0 aliphatic carbocycles. The number of hydrogen-bond donors (Lipinski definition) is 2. The zero-order valence-electron chi connectivity index (χ0n) is 13.3. The van der Waals surface area contributed by atoms with Crippen molar-refractivity contribution in [2.45, 2.75) is 48.2 Å². The van der Waals surface area contributed by atoms with Gasteiger partial charge in [-0.15, -0.1) is 11.8 Å². The van der Waals surface area contributed by atoms with Crippen LogP contribution in [0.1, 0.15) is 48.0 Å². The molecule has 0 bridgehead atoms. The largest absolute Gasteiger partial charge is 0.355 e. The molecule has 0 radical (unpaired) electrons. The molecule has 1 unspecified atom stereocenters. The molecule has 1 spiro atoms. The van der Waals surface area contributed by atoms with Gasteiger partial charge in [-0.3, -0.25) is 14.8 Å². The van der Waals surface area contributed by atoms with Crippen LogP contribution in [0.25, 0.3) is 0 Å². The highest BCUT2D eigenvalue weighted by molar-refractivity contribution is 8.01. The number of carbonyl (C=O) groups is 2. The van der Waals surface area contributed by atoms with Crippen molar-refractivity contribution in [3.63, 3.8) is 0 Å². The van der Waals surface area contributed by atoms with Gasteiger partial charge in [-0.1, -0.05) is 12.8 Å². The Balaban J connectivity index is 1.85. The molecule has 124 valence electrons. The number of benzene rings is 1. The Morgan fingerprint density at radius 1 is 1.30 bits per heavy atom. The van der Waals surface area contributed by atoms with Crippen LogP contribution in [0.4, 0.5) is 0 Å². The van der Waals surface area contributed by atoms with Gasteiger partial charge < -0.3 is 5.32 Å². The normalized spacial score (nSPS) is 24.3. The number of carbonyl (C=O) groups excluding carboxylic acids is 2. The second-order valence-electron chi connectivity index (χ2n) is 6.31. The summed E-state index contributed by atoms with van der Waals surface area (Å²) in [6, 6.07) is 5.47. The maximum absolute atomic E-state index is 12.6. The lowest BCUT2D eigenvalue weighted by Crippen LogP contribution is -2.47. The van der Waals surface area contributed by atoms with Crippen LogP contribution < -0.4 is 5.32 Å². The van der Waals surface area contributed by atoms with E-state index < -0.39 is 5.91 Å². The predicted molar refractivity (Wildman–Crippen MR) is 88.7 cm³/mol. The fraction of sp³-hybridized carbons (Fsp3) is 0.529. The van der Waals surface area contributed by atoms with Gasteiger partial charge in [-0.25, -0.2) is 5.06 Å². The Hall–Kier alpha value is -1.53. The Morgan fingerprint density at radius 3 is 2.91 bits per heavy atom. The summed E-state index contributed by atoms with van der Waals surface area (Å²) in [7, 11) is 1.32. The molecule has 2 aliphatic heterocycles. The quantitative estimate of drug-likeness (QED) is 0.612. The summed E-state index contributed by atoms with van der Waals surface area (Å²) >= 11 is 1.64. The number of nitrogens with one attached hydrogen (secondary N) is 1. The Morgan fingerprint density at radius 2 is 2.13 bits per heavy atom. The highest BCUT2D eigenvalue weighted by atomic mass is 32.2. The number of thioether (sulfide) groups is 1. The first-order valence-electron chi connectivity index (χ1n) is 8.09. The molecule has 1 fully saturated rings. The molecule has 6 heteroatoms. The van der Waals surface area contributed by atoms with Gasteiger partial charge in [0.2, 0.25) is 5.91 Å². The lowest BCUT2D eigenvalue weighted by Gasteiger charge is -2.37. The van der Waals surface area contributed by atoms with Gasteiger partial charge in [0.05, 0.1) is 4.75 Å². The second kappa shape index (κ2) is 6.53. The highest BCUT2D eigenvalue weighted by Gasteiger charge is 2.42. The molecule has 0 saturated carbocycles. The fourth-order valence-corrected chi connectivity index (χ4v) is 4.78.